The molecule has 2 rings (SSSR count). The highest BCUT2D eigenvalue weighted by atomic mass is 19.1. The van der Waals surface area contributed by atoms with Crippen LogP contribution < -0.4 is 0 Å². The molecule has 0 aliphatic heterocycles. The van der Waals surface area contributed by atoms with Crippen LogP contribution in [-0.2, 0) is 12.2 Å². The Hall–Kier alpha value is -2.00. The first-order valence-electron chi connectivity index (χ1n) is 8.45. The normalized spacial score (nSPS) is 19.4. The third-order valence-corrected chi connectivity index (χ3v) is 4.52. The maximum Gasteiger partial charge on any atom is 0.122 e. The minimum Gasteiger partial charge on any atom is -0.392 e. The molecule has 0 amide bonds. The van der Waals surface area contributed by atoms with E-state index in [0.717, 1.165) is 13.0 Å². The van der Waals surface area contributed by atoms with Crippen LogP contribution in [0.4, 0.5) is 4.39 Å². The number of aliphatic hydroxyl groups excluding tert-OH is 1. The lowest BCUT2D eigenvalue weighted by Crippen LogP contribution is -2.31. The molecule has 1 aliphatic carbocycles. The van der Waals surface area contributed by atoms with Crippen LogP contribution in [0.3, 0.4) is 0 Å². The van der Waals surface area contributed by atoms with Crippen molar-refractivity contribution >= 4 is 0 Å². The van der Waals surface area contributed by atoms with Gasteiger partial charge in [0, 0.05) is 6.42 Å². The average Bonchev–Trinajstić information content (AvgIpc) is 2.61. The molecule has 2 N–H and O–H groups in total. The summed E-state index contributed by atoms with van der Waals surface area (Å²) in [5, 5.41) is 30.3. The summed E-state index contributed by atoms with van der Waals surface area (Å²) in [7, 11) is 3.93. The number of rotatable bonds is 7. The molecular weight excluding hydrogens is 319 g/mol. The van der Waals surface area contributed by atoms with Crippen molar-refractivity contribution < 1.29 is 14.6 Å². The maximum atomic E-state index is 13.5. The maximum absolute atomic E-state index is 13.5. The van der Waals surface area contributed by atoms with Crippen LogP contribution in [0.5, 0.6) is 0 Å². The van der Waals surface area contributed by atoms with E-state index in [4.69, 9.17) is 5.26 Å². The van der Waals surface area contributed by atoms with Gasteiger partial charge >= 0.3 is 0 Å². The second kappa shape index (κ2) is 8.39. The Morgan fingerprint density at radius 1 is 1.40 bits per heavy atom. The highest BCUT2D eigenvalue weighted by Crippen LogP contribution is 2.39. The molecule has 0 saturated heterocycles. The number of nitrogens with zero attached hydrogens (tertiary/aromatic N) is 2. The van der Waals surface area contributed by atoms with E-state index in [9.17, 15) is 14.6 Å². The standard InChI is InChI=1S/C20H25FN2O2/c1-23(2)11-3-10-20(25,17-5-7-18(21)8-6-17)19-9-4-15(13-22)12-16(19)14-24/h4-7,9,12,18,24-25H,3,8,10-11,14H2,1-2H3/t18?,20-/m0/s1. The van der Waals surface area contributed by atoms with Crippen LogP contribution in [-0.4, -0.2) is 41.9 Å². The lowest BCUT2D eigenvalue weighted by Gasteiger charge is -2.34. The highest BCUT2D eigenvalue weighted by molar-refractivity contribution is 5.47. The molecule has 0 spiro atoms. The molecule has 2 atom stereocenters. The first kappa shape index (κ1) is 19.3. The van der Waals surface area contributed by atoms with Crippen molar-refractivity contribution in [1.29, 1.82) is 5.26 Å². The van der Waals surface area contributed by atoms with Crippen molar-refractivity contribution in [2.75, 3.05) is 20.6 Å². The van der Waals surface area contributed by atoms with Crippen LogP contribution in [0.15, 0.2) is 42.0 Å². The number of benzene rings is 1. The fourth-order valence-electron chi connectivity index (χ4n) is 3.18. The van der Waals surface area contributed by atoms with Gasteiger partial charge in [0.05, 0.1) is 18.2 Å². The van der Waals surface area contributed by atoms with Gasteiger partial charge in [0.2, 0.25) is 0 Å². The van der Waals surface area contributed by atoms with E-state index < -0.39 is 11.8 Å². The van der Waals surface area contributed by atoms with Crippen LogP contribution in [0.2, 0.25) is 0 Å². The predicted molar refractivity (Wildman–Crippen MR) is 95.5 cm³/mol. The number of halogens is 1. The largest absolute Gasteiger partial charge is 0.392 e. The number of alkyl halides is 1. The van der Waals surface area contributed by atoms with Crippen molar-refractivity contribution in [1.82, 2.24) is 4.90 Å². The summed E-state index contributed by atoms with van der Waals surface area (Å²) in [5.41, 5.74) is 0.836. The quantitative estimate of drug-likeness (QED) is 0.798. The zero-order chi connectivity index (χ0) is 18.4. The zero-order valence-corrected chi connectivity index (χ0v) is 14.7. The molecule has 0 bridgehead atoms. The molecule has 1 aromatic carbocycles. The second-order valence-electron chi connectivity index (χ2n) is 6.68. The SMILES string of the molecule is CN(C)CCC[C@](O)(C1=CCC(F)C=C1)c1ccc(C#N)cc1CO. The van der Waals surface area contributed by atoms with E-state index in [1.165, 1.54) is 6.08 Å². The summed E-state index contributed by atoms with van der Waals surface area (Å²) in [6, 6.07) is 6.97. The number of hydrogen-bond donors (Lipinski definition) is 2. The minimum absolute atomic E-state index is 0.229. The van der Waals surface area contributed by atoms with Gasteiger partial charge in [-0.25, -0.2) is 4.39 Å². The number of hydrogen-bond acceptors (Lipinski definition) is 4. The van der Waals surface area contributed by atoms with Gasteiger partial charge in [-0.15, -0.1) is 0 Å². The Morgan fingerprint density at radius 2 is 2.16 bits per heavy atom. The van der Waals surface area contributed by atoms with Gasteiger partial charge in [0.25, 0.3) is 0 Å². The van der Waals surface area contributed by atoms with E-state index in [1.807, 2.05) is 25.1 Å². The molecule has 5 heteroatoms. The molecule has 134 valence electrons. The van der Waals surface area contributed by atoms with Gasteiger partial charge in [-0.05, 0) is 62.3 Å². The van der Waals surface area contributed by atoms with Gasteiger partial charge in [-0.1, -0.05) is 24.3 Å². The lowest BCUT2D eigenvalue weighted by atomic mass is 9.77. The Bertz CT molecular complexity index is 706. The fraction of sp³-hybridized carbons (Fsp3) is 0.450. The molecule has 0 fully saturated rings. The first-order valence-corrected chi connectivity index (χ1v) is 8.45. The van der Waals surface area contributed by atoms with Crippen LogP contribution >= 0.6 is 0 Å². The molecule has 25 heavy (non-hydrogen) atoms. The van der Waals surface area contributed by atoms with Crippen molar-refractivity contribution in [3.63, 3.8) is 0 Å². The zero-order valence-electron chi connectivity index (χ0n) is 14.7. The van der Waals surface area contributed by atoms with E-state index in [2.05, 4.69) is 0 Å². The average molecular weight is 344 g/mol. The Morgan fingerprint density at radius 3 is 2.72 bits per heavy atom. The number of allylic oxidation sites excluding steroid dienone is 2. The number of nitriles is 1. The second-order valence-corrected chi connectivity index (χ2v) is 6.68. The van der Waals surface area contributed by atoms with Crippen molar-refractivity contribution in [2.24, 2.45) is 0 Å². The molecule has 0 aromatic heterocycles. The van der Waals surface area contributed by atoms with E-state index in [1.54, 1.807) is 30.4 Å². The van der Waals surface area contributed by atoms with Gasteiger partial charge < -0.3 is 15.1 Å². The van der Waals surface area contributed by atoms with Gasteiger partial charge in [0.15, 0.2) is 0 Å². The summed E-state index contributed by atoms with van der Waals surface area (Å²) >= 11 is 0. The molecule has 1 unspecified atom stereocenters. The molecule has 1 aliphatic rings. The van der Waals surface area contributed by atoms with Crippen molar-refractivity contribution in [3.8, 4) is 6.07 Å². The van der Waals surface area contributed by atoms with Crippen LogP contribution in [0.25, 0.3) is 0 Å². The van der Waals surface area contributed by atoms with Crippen LogP contribution in [0, 0.1) is 11.3 Å². The summed E-state index contributed by atoms with van der Waals surface area (Å²) < 4.78 is 13.5. The summed E-state index contributed by atoms with van der Waals surface area (Å²) in [6.45, 7) is 0.527. The number of aliphatic hydroxyl groups is 2. The van der Waals surface area contributed by atoms with E-state index >= 15 is 0 Å². The Labute approximate surface area is 148 Å². The van der Waals surface area contributed by atoms with Gasteiger partial charge in [0.1, 0.15) is 11.8 Å². The van der Waals surface area contributed by atoms with Gasteiger partial charge in [-0.2, -0.15) is 5.26 Å². The Kier molecular flexibility index (Phi) is 6.49. The first-order chi connectivity index (χ1) is 11.9. The van der Waals surface area contributed by atoms with Crippen molar-refractivity contribution in [3.05, 3.63) is 58.7 Å². The molecule has 0 heterocycles. The smallest absolute Gasteiger partial charge is 0.122 e. The summed E-state index contributed by atoms with van der Waals surface area (Å²) in [6.07, 6.45) is 5.17. The minimum atomic E-state index is -1.32. The van der Waals surface area contributed by atoms with Gasteiger partial charge in [-0.3, -0.25) is 0 Å². The molecule has 0 radical (unpaired) electrons. The predicted octanol–water partition coefficient (Wildman–Crippen LogP) is 2.80. The van der Waals surface area contributed by atoms with Crippen molar-refractivity contribution in [2.45, 2.75) is 37.6 Å². The molecule has 1 aromatic rings. The monoisotopic (exact) mass is 344 g/mol. The highest BCUT2D eigenvalue weighted by Gasteiger charge is 2.35. The fourth-order valence-corrected chi connectivity index (χ4v) is 3.18. The summed E-state index contributed by atoms with van der Waals surface area (Å²) in [4.78, 5) is 2.04. The third kappa shape index (κ3) is 4.55. The summed E-state index contributed by atoms with van der Waals surface area (Å²) in [5.74, 6) is 0. The topological polar surface area (TPSA) is 67.5 Å². The molecule has 0 saturated carbocycles. The van der Waals surface area contributed by atoms with E-state index in [-0.39, 0.29) is 13.0 Å². The van der Waals surface area contributed by atoms with Crippen LogP contribution in [0.1, 0.15) is 36.0 Å². The Balaban J connectivity index is 2.44. The third-order valence-electron chi connectivity index (χ3n) is 4.52. The lowest BCUT2D eigenvalue weighted by molar-refractivity contribution is 0.0624. The molecular formula is C20H25FN2O2. The molecule has 4 nitrogen and oxygen atoms in total. The van der Waals surface area contributed by atoms with E-state index in [0.29, 0.717) is 28.7 Å².